The number of benzene rings is 1. The van der Waals surface area contributed by atoms with Gasteiger partial charge in [-0.05, 0) is 73.6 Å². The molecule has 1 N–H and O–H groups in total. The molecule has 1 fully saturated rings. The number of aromatic nitrogens is 4. The summed E-state index contributed by atoms with van der Waals surface area (Å²) in [7, 11) is 1.89. The smallest absolute Gasteiger partial charge is 0.370 e. The number of halogens is 3. The lowest BCUT2D eigenvalue weighted by Crippen LogP contribution is -2.43. The van der Waals surface area contributed by atoms with Gasteiger partial charge in [0.2, 0.25) is 0 Å². The van der Waals surface area contributed by atoms with Gasteiger partial charge in [-0.15, -0.1) is 10.2 Å². The zero-order valence-electron chi connectivity index (χ0n) is 19.8. The third kappa shape index (κ3) is 3.75. The Morgan fingerprint density at radius 3 is 2.57 bits per heavy atom. The van der Waals surface area contributed by atoms with Crippen LogP contribution in [0.3, 0.4) is 0 Å². The molecule has 0 unspecified atom stereocenters. The van der Waals surface area contributed by atoms with Crippen LogP contribution in [0.1, 0.15) is 65.1 Å². The van der Waals surface area contributed by atoms with E-state index in [2.05, 4.69) is 34.3 Å². The van der Waals surface area contributed by atoms with Gasteiger partial charge in [-0.25, -0.2) is 4.98 Å². The number of rotatable bonds is 5. The summed E-state index contributed by atoms with van der Waals surface area (Å²) in [6.07, 6.45) is -1.25. The molecule has 0 spiro atoms. The number of hydrogen-bond acceptors (Lipinski definition) is 5. The maximum Gasteiger partial charge on any atom is 0.416 e. The average molecular weight is 484 g/mol. The zero-order valence-corrected chi connectivity index (χ0v) is 19.8. The number of alkyl halides is 3. The van der Waals surface area contributed by atoms with Crippen molar-refractivity contribution in [1.82, 2.24) is 19.7 Å². The van der Waals surface area contributed by atoms with Gasteiger partial charge in [0.1, 0.15) is 23.8 Å². The largest absolute Gasteiger partial charge is 0.416 e. The van der Waals surface area contributed by atoms with E-state index in [1.165, 1.54) is 11.0 Å². The molecule has 5 rings (SSSR count). The minimum absolute atomic E-state index is 0.0160. The van der Waals surface area contributed by atoms with Gasteiger partial charge in [-0.1, -0.05) is 6.92 Å². The monoisotopic (exact) mass is 483 g/mol. The summed E-state index contributed by atoms with van der Waals surface area (Å²) in [6, 6.07) is 6.15. The van der Waals surface area contributed by atoms with Crippen molar-refractivity contribution in [3.63, 3.8) is 0 Å². The van der Waals surface area contributed by atoms with Crippen LogP contribution in [-0.2, 0) is 25.2 Å². The first kappa shape index (κ1) is 23.3. The van der Waals surface area contributed by atoms with Crippen LogP contribution in [-0.4, -0.2) is 32.2 Å². The summed E-state index contributed by atoms with van der Waals surface area (Å²) >= 11 is 0. The van der Waals surface area contributed by atoms with E-state index in [4.69, 9.17) is 0 Å². The van der Waals surface area contributed by atoms with Gasteiger partial charge in [-0.2, -0.15) is 13.2 Å². The predicted molar refractivity (Wildman–Crippen MR) is 125 cm³/mol. The summed E-state index contributed by atoms with van der Waals surface area (Å²) in [5.74, 6) is 1.62. The van der Waals surface area contributed by atoms with Gasteiger partial charge in [0, 0.05) is 19.2 Å². The normalized spacial score (nSPS) is 21.7. The Kier molecular flexibility index (Phi) is 5.37. The zero-order chi connectivity index (χ0) is 25.1. The first-order chi connectivity index (χ1) is 16.5. The number of nitrogens with zero attached hydrogens (tertiary/aromatic N) is 5. The molecule has 3 aromatic rings. The highest BCUT2D eigenvalue weighted by Gasteiger charge is 2.49. The number of amides is 1. The highest BCUT2D eigenvalue weighted by Crippen LogP contribution is 2.52. The number of anilines is 2. The lowest BCUT2D eigenvalue weighted by Gasteiger charge is -2.46. The van der Waals surface area contributed by atoms with E-state index < -0.39 is 23.1 Å². The van der Waals surface area contributed by atoms with Crippen LogP contribution in [0.4, 0.5) is 24.8 Å². The van der Waals surface area contributed by atoms with Crippen molar-refractivity contribution in [2.75, 3.05) is 16.8 Å². The molecular weight excluding hydrogens is 457 g/mol. The van der Waals surface area contributed by atoms with E-state index in [-0.39, 0.29) is 23.2 Å². The van der Waals surface area contributed by atoms with E-state index in [1.54, 1.807) is 6.33 Å². The number of carbonyl (C=O) groups is 1. The molecule has 1 radical (unpaired) electrons. The molecule has 183 valence electrons. The number of hydrogen-bond donors (Lipinski definition) is 1. The summed E-state index contributed by atoms with van der Waals surface area (Å²) in [5, 5.41) is 11.6. The molecule has 1 saturated carbocycles. The summed E-state index contributed by atoms with van der Waals surface area (Å²) in [5.41, 5.74) is -0.229. The molecule has 3 heterocycles. The number of carbonyl (C=O) groups excluding carboxylic acids is 1. The second-order valence-corrected chi connectivity index (χ2v) is 9.55. The summed E-state index contributed by atoms with van der Waals surface area (Å²) < 4.78 is 43.1. The maximum atomic E-state index is 13.8. The van der Waals surface area contributed by atoms with Crippen LogP contribution in [0, 0.1) is 12.8 Å². The van der Waals surface area contributed by atoms with Crippen molar-refractivity contribution in [3.8, 4) is 0 Å². The molecule has 0 saturated heterocycles. The van der Waals surface area contributed by atoms with Crippen LogP contribution in [0.5, 0.6) is 0 Å². The van der Waals surface area contributed by atoms with Crippen molar-refractivity contribution in [1.29, 1.82) is 0 Å². The Morgan fingerprint density at radius 1 is 1.23 bits per heavy atom. The van der Waals surface area contributed by atoms with Gasteiger partial charge in [0.05, 0.1) is 17.5 Å². The second-order valence-electron chi connectivity index (χ2n) is 9.55. The van der Waals surface area contributed by atoms with E-state index in [0.717, 1.165) is 30.3 Å². The first-order valence-electron chi connectivity index (χ1n) is 11.5. The van der Waals surface area contributed by atoms with E-state index in [0.29, 0.717) is 24.1 Å². The molecule has 0 atom stereocenters. The second kappa shape index (κ2) is 8.07. The lowest BCUT2D eigenvalue weighted by molar-refractivity contribution is -0.138. The molecule has 2 aliphatic rings. The van der Waals surface area contributed by atoms with Crippen molar-refractivity contribution in [3.05, 3.63) is 71.2 Å². The number of fused-ring (bicyclic) bond motifs is 1. The molecule has 1 aliphatic heterocycles. The fourth-order valence-corrected chi connectivity index (χ4v) is 5.50. The minimum Gasteiger partial charge on any atom is -0.370 e. The third-order valence-corrected chi connectivity index (χ3v) is 6.94. The fraction of sp³-hybridized carbons (Fsp3) is 0.400. The van der Waals surface area contributed by atoms with E-state index in [1.807, 2.05) is 30.7 Å². The average Bonchev–Trinajstić information content (AvgIpc) is 3.33. The van der Waals surface area contributed by atoms with Gasteiger partial charge >= 0.3 is 6.18 Å². The van der Waals surface area contributed by atoms with Crippen LogP contribution < -0.4 is 10.2 Å². The minimum atomic E-state index is -4.59. The number of aryl methyl sites for hydroxylation is 1. The third-order valence-electron chi connectivity index (χ3n) is 6.94. The number of pyridine rings is 1. The first-order valence-corrected chi connectivity index (χ1v) is 11.5. The molecular formula is C25H26F3N6O. The predicted octanol–water partition coefficient (Wildman–Crippen LogP) is 4.72. The molecule has 10 heteroatoms. The maximum absolute atomic E-state index is 13.8. The molecule has 2 aromatic heterocycles. The van der Waals surface area contributed by atoms with E-state index in [9.17, 15) is 18.0 Å². The van der Waals surface area contributed by atoms with Gasteiger partial charge < -0.3 is 9.88 Å². The van der Waals surface area contributed by atoms with Gasteiger partial charge in [0.15, 0.2) is 0 Å². The molecule has 0 bridgehead atoms. The van der Waals surface area contributed by atoms with Crippen molar-refractivity contribution in [2.45, 2.75) is 44.8 Å². The Bertz CT molecular complexity index is 1310. The van der Waals surface area contributed by atoms with E-state index >= 15 is 0 Å². The molecule has 1 aromatic carbocycles. The number of nitrogens with one attached hydrogen (secondary N) is 1. The van der Waals surface area contributed by atoms with Crippen LogP contribution in [0.2, 0.25) is 0 Å². The molecule has 1 amide bonds. The quantitative estimate of drug-likeness (QED) is 0.569. The highest BCUT2D eigenvalue weighted by atomic mass is 19.4. The molecule has 35 heavy (non-hydrogen) atoms. The fourth-order valence-electron chi connectivity index (χ4n) is 5.50. The van der Waals surface area contributed by atoms with Crippen LogP contribution >= 0.6 is 0 Å². The molecule has 1 aliphatic carbocycles. The Balaban J connectivity index is 1.62. The Morgan fingerprint density at radius 2 is 1.97 bits per heavy atom. The van der Waals surface area contributed by atoms with Crippen molar-refractivity contribution >= 4 is 17.5 Å². The standard InChI is InChI=1S/C25H26F3N6O/c1-5-29-20-8-16(24(10-15(3)11-24)23-32-30-13-33(23)4)9-21(31-20)34-12-18-17(22(34)35)6-14(2)7-19(18)25(26,27)28/h6-9,13,15H,2,5,10-12H2,1,3-4H3,(H,29,31). The summed E-state index contributed by atoms with van der Waals surface area (Å²) in [6.45, 7) is 8.12. The Hall–Kier alpha value is -3.43. The van der Waals surface area contributed by atoms with Gasteiger partial charge in [0.25, 0.3) is 5.91 Å². The lowest BCUT2D eigenvalue weighted by atomic mass is 9.58. The van der Waals surface area contributed by atoms with Crippen molar-refractivity contribution in [2.24, 2.45) is 13.0 Å². The van der Waals surface area contributed by atoms with Crippen LogP contribution in [0.15, 0.2) is 30.6 Å². The van der Waals surface area contributed by atoms with Gasteiger partial charge in [-0.3, -0.25) is 9.69 Å². The topological polar surface area (TPSA) is 75.9 Å². The Labute approximate surface area is 201 Å². The SMILES string of the molecule is [CH2]c1cc2c(c(C(F)(F)F)c1)CN(c1cc(C3(c4nncn4C)CC(C)C3)cc(NCC)n1)C2=O. The molecule has 7 nitrogen and oxygen atoms in total. The van der Waals surface area contributed by atoms with Crippen LogP contribution in [0.25, 0.3) is 0 Å². The summed E-state index contributed by atoms with van der Waals surface area (Å²) in [4.78, 5) is 19.2. The van der Waals surface area contributed by atoms with Crippen molar-refractivity contribution < 1.29 is 18.0 Å². The highest BCUT2D eigenvalue weighted by molar-refractivity contribution is 6.10.